The van der Waals surface area contributed by atoms with Gasteiger partial charge in [-0.05, 0) is 47.9 Å². The standard InChI is InChI=1S/C26H26N2O4S/c1-4-16-31-24-13-8-21(9-14-24)10-15-25(30)32-17-22-18-33-26(27-22)28(19(3)29)23-11-6-20(5-2)7-12-23/h4,6-15,18H,1,5,16-17H2,2-3H3/b15-10+. The van der Waals surface area contributed by atoms with Crippen LogP contribution >= 0.6 is 11.3 Å². The molecule has 0 fully saturated rings. The van der Waals surface area contributed by atoms with E-state index in [0.29, 0.717) is 17.4 Å². The number of thiazole rings is 1. The van der Waals surface area contributed by atoms with E-state index in [1.54, 1.807) is 22.4 Å². The molecular formula is C26H26N2O4S. The molecule has 33 heavy (non-hydrogen) atoms. The van der Waals surface area contributed by atoms with Gasteiger partial charge in [0.1, 0.15) is 19.0 Å². The zero-order chi connectivity index (χ0) is 23.6. The summed E-state index contributed by atoms with van der Waals surface area (Å²) < 4.78 is 10.7. The van der Waals surface area contributed by atoms with Gasteiger partial charge in [0.2, 0.25) is 5.91 Å². The maximum Gasteiger partial charge on any atom is 0.331 e. The average molecular weight is 463 g/mol. The minimum atomic E-state index is -0.477. The van der Waals surface area contributed by atoms with Crippen molar-refractivity contribution in [1.29, 1.82) is 0 Å². The SMILES string of the molecule is C=CCOc1ccc(/C=C/C(=O)OCc2csc(N(C(C)=O)c3ccc(CC)cc3)n2)cc1. The van der Waals surface area contributed by atoms with Crippen LogP contribution in [0.1, 0.15) is 30.7 Å². The summed E-state index contributed by atoms with van der Waals surface area (Å²) in [5, 5.41) is 2.32. The highest BCUT2D eigenvalue weighted by atomic mass is 32.1. The van der Waals surface area contributed by atoms with Gasteiger partial charge in [-0.1, -0.05) is 43.8 Å². The van der Waals surface area contributed by atoms with E-state index < -0.39 is 5.97 Å². The van der Waals surface area contributed by atoms with Gasteiger partial charge in [0.15, 0.2) is 5.13 Å². The third-order valence-corrected chi connectivity index (χ3v) is 5.55. The summed E-state index contributed by atoms with van der Waals surface area (Å²) in [6.07, 6.45) is 5.64. The molecule has 0 atom stereocenters. The Labute approximate surface area is 197 Å². The molecule has 0 aliphatic heterocycles. The molecule has 1 aromatic heterocycles. The second-order valence-corrected chi connectivity index (χ2v) is 7.94. The molecule has 2 aromatic carbocycles. The number of hydrogen-bond acceptors (Lipinski definition) is 6. The Morgan fingerprint density at radius 2 is 1.85 bits per heavy atom. The van der Waals surface area contributed by atoms with Crippen LogP contribution in [0.2, 0.25) is 0 Å². The van der Waals surface area contributed by atoms with Crippen LogP contribution in [0.3, 0.4) is 0 Å². The van der Waals surface area contributed by atoms with E-state index >= 15 is 0 Å². The number of ether oxygens (including phenoxy) is 2. The predicted molar refractivity (Wildman–Crippen MR) is 132 cm³/mol. The van der Waals surface area contributed by atoms with Crippen LogP contribution in [0.15, 0.2) is 72.6 Å². The molecule has 0 bridgehead atoms. The lowest BCUT2D eigenvalue weighted by Gasteiger charge is -2.18. The lowest BCUT2D eigenvalue weighted by molar-refractivity contribution is -0.139. The number of nitrogens with zero attached hydrogens (tertiary/aromatic N) is 2. The Kier molecular flexibility index (Phi) is 8.55. The van der Waals surface area contributed by atoms with Crippen LogP contribution in [0, 0.1) is 0 Å². The number of carbonyl (C=O) groups excluding carboxylic acids is 2. The highest BCUT2D eigenvalue weighted by Gasteiger charge is 2.18. The molecule has 1 heterocycles. The fourth-order valence-corrected chi connectivity index (χ4v) is 3.83. The molecule has 0 aliphatic rings. The maximum atomic E-state index is 12.3. The lowest BCUT2D eigenvalue weighted by atomic mass is 10.1. The van der Waals surface area contributed by atoms with Gasteiger partial charge in [0, 0.05) is 18.4 Å². The second-order valence-electron chi connectivity index (χ2n) is 7.11. The summed E-state index contributed by atoms with van der Waals surface area (Å²) in [5.74, 6) is 0.117. The summed E-state index contributed by atoms with van der Waals surface area (Å²) in [6, 6.07) is 15.1. The van der Waals surface area contributed by atoms with Gasteiger partial charge in [-0.3, -0.25) is 9.69 Å². The largest absolute Gasteiger partial charge is 0.490 e. The molecule has 6 nitrogen and oxygen atoms in total. The molecule has 0 unspecified atom stereocenters. The van der Waals surface area contributed by atoms with Crippen molar-refractivity contribution in [3.05, 3.63) is 89.5 Å². The van der Waals surface area contributed by atoms with E-state index in [1.165, 1.54) is 29.9 Å². The zero-order valence-electron chi connectivity index (χ0n) is 18.7. The van der Waals surface area contributed by atoms with Crippen LogP contribution < -0.4 is 9.64 Å². The second kappa shape index (κ2) is 11.8. The third-order valence-electron chi connectivity index (χ3n) is 4.67. The number of amides is 1. The van der Waals surface area contributed by atoms with Gasteiger partial charge in [0.25, 0.3) is 0 Å². The number of anilines is 2. The normalized spacial score (nSPS) is 10.7. The Morgan fingerprint density at radius 3 is 2.48 bits per heavy atom. The lowest BCUT2D eigenvalue weighted by Crippen LogP contribution is -2.22. The zero-order valence-corrected chi connectivity index (χ0v) is 19.5. The summed E-state index contributed by atoms with van der Waals surface area (Å²) in [7, 11) is 0. The molecule has 0 aliphatic carbocycles. The number of carbonyl (C=O) groups is 2. The van der Waals surface area contributed by atoms with E-state index in [-0.39, 0.29) is 12.5 Å². The van der Waals surface area contributed by atoms with Gasteiger partial charge in [0.05, 0.1) is 11.4 Å². The fourth-order valence-electron chi connectivity index (χ4n) is 2.96. The highest BCUT2D eigenvalue weighted by Crippen LogP contribution is 2.29. The van der Waals surface area contributed by atoms with E-state index in [9.17, 15) is 9.59 Å². The molecule has 0 saturated carbocycles. The quantitative estimate of drug-likeness (QED) is 0.219. The molecule has 0 spiro atoms. The first kappa shape index (κ1) is 23.9. The summed E-state index contributed by atoms with van der Waals surface area (Å²) >= 11 is 1.33. The summed E-state index contributed by atoms with van der Waals surface area (Å²) in [4.78, 5) is 30.4. The minimum Gasteiger partial charge on any atom is -0.490 e. The molecule has 0 N–H and O–H groups in total. The van der Waals surface area contributed by atoms with Crippen molar-refractivity contribution in [3.63, 3.8) is 0 Å². The van der Waals surface area contributed by atoms with Crippen molar-refractivity contribution < 1.29 is 19.1 Å². The monoisotopic (exact) mass is 462 g/mol. The van der Waals surface area contributed by atoms with Crippen molar-refractivity contribution in [1.82, 2.24) is 4.98 Å². The number of benzene rings is 2. The van der Waals surface area contributed by atoms with E-state index in [1.807, 2.05) is 48.5 Å². The highest BCUT2D eigenvalue weighted by molar-refractivity contribution is 7.14. The molecule has 0 radical (unpaired) electrons. The van der Waals surface area contributed by atoms with Crippen LogP contribution in [0.5, 0.6) is 5.75 Å². The Morgan fingerprint density at radius 1 is 1.12 bits per heavy atom. The number of rotatable bonds is 10. The van der Waals surface area contributed by atoms with Crippen molar-refractivity contribution in [2.75, 3.05) is 11.5 Å². The Balaban J connectivity index is 1.58. The molecule has 3 rings (SSSR count). The van der Waals surface area contributed by atoms with Crippen LogP contribution in [0.4, 0.5) is 10.8 Å². The van der Waals surface area contributed by atoms with Crippen molar-refractivity contribution in [2.45, 2.75) is 26.9 Å². The van der Waals surface area contributed by atoms with Gasteiger partial charge in [-0.15, -0.1) is 11.3 Å². The first-order valence-electron chi connectivity index (χ1n) is 10.5. The van der Waals surface area contributed by atoms with Crippen LogP contribution in [-0.2, 0) is 27.4 Å². The summed E-state index contributed by atoms with van der Waals surface area (Å²) in [5.41, 5.74) is 3.37. The molecule has 0 saturated heterocycles. The van der Waals surface area contributed by atoms with Gasteiger partial charge in [-0.25, -0.2) is 9.78 Å². The first-order valence-corrected chi connectivity index (χ1v) is 11.4. The minimum absolute atomic E-state index is 0.0223. The first-order chi connectivity index (χ1) is 16.0. The van der Waals surface area contributed by atoms with Crippen LogP contribution in [0.25, 0.3) is 6.08 Å². The number of hydrogen-bond donors (Lipinski definition) is 0. The van der Waals surface area contributed by atoms with E-state index in [2.05, 4.69) is 18.5 Å². The Bertz CT molecular complexity index is 1120. The smallest absolute Gasteiger partial charge is 0.331 e. The Hall–Kier alpha value is -3.71. The molecule has 1 amide bonds. The third kappa shape index (κ3) is 6.89. The van der Waals surface area contributed by atoms with Crippen molar-refractivity contribution in [2.24, 2.45) is 0 Å². The molecular weight excluding hydrogens is 436 g/mol. The number of aryl methyl sites for hydroxylation is 1. The number of esters is 1. The topological polar surface area (TPSA) is 68.7 Å². The molecule has 170 valence electrons. The maximum absolute atomic E-state index is 12.3. The van der Waals surface area contributed by atoms with Gasteiger partial charge < -0.3 is 9.47 Å². The fraction of sp³-hybridized carbons (Fsp3) is 0.192. The molecule has 7 heteroatoms. The van der Waals surface area contributed by atoms with E-state index in [0.717, 1.165) is 23.4 Å². The average Bonchev–Trinajstić information content (AvgIpc) is 3.29. The van der Waals surface area contributed by atoms with Crippen molar-refractivity contribution >= 4 is 40.1 Å². The molecule has 3 aromatic rings. The van der Waals surface area contributed by atoms with E-state index in [4.69, 9.17) is 9.47 Å². The van der Waals surface area contributed by atoms with Crippen LogP contribution in [-0.4, -0.2) is 23.5 Å². The predicted octanol–water partition coefficient (Wildman–Crippen LogP) is 5.71. The summed E-state index contributed by atoms with van der Waals surface area (Å²) in [6.45, 7) is 7.65. The van der Waals surface area contributed by atoms with Crippen molar-refractivity contribution in [3.8, 4) is 5.75 Å². The van der Waals surface area contributed by atoms with Gasteiger partial charge >= 0.3 is 5.97 Å². The number of aromatic nitrogens is 1. The van der Waals surface area contributed by atoms with Gasteiger partial charge in [-0.2, -0.15) is 0 Å².